The predicted molar refractivity (Wildman–Crippen MR) is 65.3 cm³/mol. The van der Waals surface area contributed by atoms with Crippen LogP contribution in [0.15, 0.2) is 24.5 Å². The maximum Gasteiger partial charge on any atom is 0.138 e. The minimum atomic E-state index is -0.306. The SMILES string of the molecule is CC(C)Oc1cncc(C=CC[C@H](C)O)c1. The fraction of sp³-hybridized carbons (Fsp3) is 0.462. The highest BCUT2D eigenvalue weighted by Crippen LogP contribution is 2.14. The Morgan fingerprint density at radius 1 is 1.38 bits per heavy atom. The fourth-order valence-electron chi connectivity index (χ4n) is 1.26. The van der Waals surface area contributed by atoms with Gasteiger partial charge in [0.25, 0.3) is 0 Å². The highest BCUT2D eigenvalue weighted by Gasteiger charge is 1.98. The van der Waals surface area contributed by atoms with E-state index >= 15 is 0 Å². The van der Waals surface area contributed by atoms with Gasteiger partial charge in [-0.3, -0.25) is 4.98 Å². The Hall–Kier alpha value is -1.35. The zero-order valence-corrected chi connectivity index (χ0v) is 10.1. The average Bonchev–Trinajstić information content (AvgIpc) is 2.16. The van der Waals surface area contributed by atoms with Crippen molar-refractivity contribution in [2.24, 2.45) is 0 Å². The molecule has 1 atom stereocenters. The van der Waals surface area contributed by atoms with Gasteiger partial charge in [-0.15, -0.1) is 0 Å². The van der Waals surface area contributed by atoms with E-state index in [4.69, 9.17) is 9.84 Å². The summed E-state index contributed by atoms with van der Waals surface area (Å²) >= 11 is 0. The Morgan fingerprint density at radius 2 is 2.12 bits per heavy atom. The molecule has 0 aliphatic carbocycles. The monoisotopic (exact) mass is 221 g/mol. The van der Waals surface area contributed by atoms with E-state index in [1.165, 1.54) is 0 Å². The molecular formula is C13H19NO2. The van der Waals surface area contributed by atoms with E-state index in [-0.39, 0.29) is 12.2 Å². The summed E-state index contributed by atoms with van der Waals surface area (Å²) in [5.74, 6) is 0.772. The number of aromatic nitrogens is 1. The molecule has 0 bridgehead atoms. The number of pyridine rings is 1. The zero-order valence-electron chi connectivity index (χ0n) is 10.1. The highest BCUT2D eigenvalue weighted by atomic mass is 16.5. The maximum atomic E-state index is 9.11. The number of rotatable bonds is 5. The van der Waals surface area contributed by atoms with Crippen LogP contribution in [0.5, 0.6) is 5.75 Å². The van der Waals surface area contributed by atoms with Crippen molar-refractivity contribution in [3.63, 3.8) is 0 Å². The molecule has 0 spiro atoms. The van der Waals surface area contributed by atoms with Gasteiger partial charge in [-0.25, -0.2) is 0 Å². The molecule has 3 heteroatoms. The summed E-state index contributed by atoms with van der Waals surface area (Å²) in [6.07, 6.45) is 7.83. The summed E-state index contributed by atoms with van der Waals surface area (Å²) in [4.78, 5) is 4.10. The van der Waals surface area contributed by atoms with Crippen LogP contribution in [0.25, 0.3) is 6.08 Å². The van der Waals surface area contributed by atoms with Crippen molar-refractivity contribution in [1.82, 2.24) is 4.98 Å². The molecule has 3 nitrogen and oxygen atoms in total. The largest absolute Gasteiger partial charge is 0.489 e. The van der Waals surface area contributed by atoms with Gasteiger partial charge in [-0.1, -0.05) is 12.2 Å². The van der Waals surface area contributed by atoms with E-state index in [9.17, 15) is 0 Å². The smallest absolute Gasteiger partial charge is 0.138 e. The Morgan fingerprint density at radius 3 is 2.75 bits per heavy atom. The maximum absolute atomic E-state index is 9.11. The lowest BCUT2D eigenvalue weighted by molar-refractivity contribution is 0.199. The van der Waals surface area contributed by atoms with Gasteiger partial charge in [-0.05, 0) is 38.8 Å². The zero-order chi connectivity index (χ0) is 12.0. The Balaban J connectivity index is 2.63. The first-order chi connectivity index (χ1) is 7.58. The Labute approximate surface area is 96.8 Å². The summed E-state index contributed by atoms with van der Waals surface area (Å²) in [5, 5.41) is 9.11. The lowest BCUT2D eigenvalue weighted by atomic mass is 10.2. The van der Waals surface area contributed by atoms with Crippen LogP contribution in [-0.2, 0) is 0 Å². The standard InChI is InChI=1S/C13H19NO2/c1-10(2)16-13-7-12(8-14-9-13)6-4-5-11(3)15/h4,6-11,15H,5H2,1-3H3/t11-/m0/s1. The molecule has 0 saturated heterocycles. The third-order valence-electron chi connectivity index (χ3n) is 1.89. The molecule has 1 heterocycles. The van der Waals surface area contributed by atoms with Crippen LogP contribution in [0.2, 0.25) is 0 Å². The summed E-state index contributed by atoms with van der Waals surface area (Å²) in [5.41, 5.74) is 0.985. The number of aliphatic hydroxyl groups excluding tert-OH is 1. The van der Waals surface area contributed by atoms with Crippen molar-refractivity contribution in [1.29, 1.82) is 0 Å². The Kier molecular flexibility index (Phi) is 4.99. The van der Waals surface area contributed by atoms with Crippen LogP contribution < -0.4 is 4.74 Å². The summed E-state index contributed by atoms with van der Waals surface area (Å²) in [7, 11) is 0. The molecular weight excluding hydrogens is 202 g/mol. The second-order valence-electron chi connectivity index (χ2n) is 4.11. The summed E-state index contributed by atoms with van der Waals surface area (Å²) in [6, 6.07) is 1.94. The van der Waals surface area contributed by atoms with Crippen molar-refractivity contribution in [2.45, 2.75) is 39.4 Å². The molecule has 1 rings (SSSR count). The summed E-state index contributed by atoms with van der Waals surface area (Å²) < 4.78 is 5.54. The van der Waals surface area contributed by atoms with E-state index in [0.717, 1.165) is 11.3 Å². The first-order valence-electron chi connectivity index (χ1n) is 5.54. The summed E-state index contributed by atoms with van der Waals surface area (Å²) in [6.45, 7) is 5.73. The molecule has 0 aromatic carbocycles. The fourth-order valence-corrected chi connectivity index (χ4v) is 1.26. The minimum Gasteiger partial charge on any atom is -0.489 e. The lowest BCUT2D eigenvalue weighted by Crippen LogP contribution is -2.05. The van der Waals surface area contributed by atoms with Crippen LogP contribution in [0, 0.1) is 0 Å². The molecule has 0 saturated carbocycles. The van der Waals surface area contributed by atoms with Crippen molar-refractivity contribution >= 4 is 6.08 Å². The lowest BCUT2D eigenvalue weighted by Gasteiger charge is -2.09. The second kappa shape index (κ2) is 6.28. The first kappa shape index (κ1) is 12.7. The van der Waals surface area contributed by atoms with Crippen LogP contribution in [0.1, 0.15) is 32.8 Å². The average molecular weight is 221 g/mol. The molecule has 0 radical (unpaired) electrons. The molecule has 0 amide bonds. The topological polar surface area (TPSA) is 42.4 Å². The van der Waals surface area contributed by atoms with Gasteiger partial charge in [0.1, 0.15) is 5.75 Å². The minimum absolute atomic E-state index is 0.151. The second-order valence-corrected chi connectivity index (χ2v) is 4.11. The van der Waals surface area contributed by atoms with Gasteiger partial charge in [0.05, 0.1) is 18.4 Å². The van der Waals surface area contributed by atoms with Gasteiger partial charge in [0.2, 0.25) is 0 Å². The van der Waals surface area contributed by atoms with Crippen LogP contribution in [0.4, 0.5) is 0 Å². The molecule has 1 aromatic rings. The van der Waals surface area contributed by atoms with Gasteiger partial charge < -0.3 is 9.84 Å². The van der Waals surface area contributed by atoms with Crippen molar-refractivity contribution in [3.05, 3.63) is 30.1 Å². The van der Waals surface area contributed by atoms with Gasteiger partial charge in [-0.2, -0.15) is 0 Å². The number of hydrogen-bond acceptors (Lipinski definition) is 3. The van der Waals surface area contributed by atoms with E-state index in [0.29, 0.717) is 6.42 Å². The van der Waals surface area contributed by atoms with Gasteiger partial charge >= 0.3 is 0 Å². The molecule has 1 N–H and O–H groups in total. The molecule has 0 unspecified atom stereocenters. The van der Waals surface area contributed by atoms with Gasteiger partial charge in [0.15, 0.2) is 0 Å². The van der Waals surface area contributed by atoms with E-state index in [2.05, 4.69) is 4.98 Å². The number of ether oxygens (including phenoxy) is 1. The Bertz CT molecular complexity index is 346. The molecule has 88 valence electrons. The van der Waals surface area contributed by atoms with Gasteiger partial charge in [0, 0.05) is 6.20 Å². The van der Waals surface area contributed by atoms with Crippen molar-refractivity contribution in [3.8, 4) is 5.75 Å². The van der Waals surface area contributed by atoms with Crippen LogP contribution in [0.3, 0.4) is 0 Å². The van der Waals surface area contributed by atoms with Crippen molar-refractivity contribution in [2.75, 3.05) is 0 Å². The molecule has 1 aromatic heterocycles. The van der Waals surface area contributed by atoms with E-state index in [1.54, 1.807) is 19.3 Å². The van der Waals surface area contributed by atoms with E-state index < -0.39 is 0 Å². The van der Waals surface area contributed by atoms with E-state index in [1.807, 2.05) is 32.1 Å². The predicted octanol–water partition coefficient (Wildman–Crippen LogP) is 2.65. The number of aliphatic hydroxyl groups is 1. The van der Waals surface area contributed by atoms with Crippen LogP contribution >= 0.6 is 0 Å². The van der Waals surface area contributed by atoms with Crippen LogP contribution in [-0.4, -0.2) is 22.3 Å². The third kappa shape index (κ3) is 4.94. The quantitative estimate of drug-likeness (QED) is 0.831. The molecule has 0 aliphatic heterocycles. The number of hydrogen-bond donors (Lipinski definition) is 1. The molecule has 0 aliphatic rings. The third-order valence-corrected chi connectivity index (χ3v) is 1.89. The first-order valence-corrected chi connectivity index (χ1v) is 5.54. The number of nitrogens with zero attached hydrogens (tertiary/aromatic N) is 1. The highest BCUT2D eigenvalue weighted by molar-refractivity contribution is 5.49. The molecule has 0 fully saturated rings. The normalized spacial score (nSPS) is 13.3. The van der Waals surface area contributed by atoms with Crippen molar-refractivity contribution < 1.29 is 9.84 Å². The molecule has 16 heavy (non-hydrogen) atoms.